The maximum Gasteiger partial charge on any atom is 0.319 e. The monoisotopic (exact) mass is 614 g/mol. The Hall–Kier alpha value is -3.54. The Morgan fingerprint density at radius 2 is 1.89 bits per heavy atom. The SMILES string of the molecule is Cc1c(F)cc2c(cnn2C2CCCCO2)c1-c1c(C2CC2)cc2c(N3C[C@@H]4C[C@H]3CN4)nc(OC3CCOCC3)nc2c1O. The van der Waals surface area contributed by atoms with Gasteiger partial charge in [0.1, 0.15) is 29.0 Å². The van der Waals surface area contributed by atoms with Crippen molar-refractivity contribution < 1.29 is 23.7 Å². The lowest BCUT2D eigenvalue weighted by Gasteiger charge is -2.30. The first-order valence-corrected chi connectivity index (χ1v) is 16.6. The summed E-state index contributed by atoms with van der Waals surface area (Å²) in [4.78, 5) is 12.3. The highest BCUT2D eigenvalue weighted by Crippen LogP contribution is 2.53. The van der Waals surface area contributed by atoms with Crippen LogP contribution in [-0.4, -0.2) is 76.0 Å². The minimum Gasteiger partial charge on any atom is -0.505 e. The molecule has 10 nitrogen and oxygen atoms in total. The number of phenols is 1. The fourth-order valence-electron chi connectivity index (χ4n) is 7.97. The molecule has 0 amide bonds. The van der Waals surface area contributed by atoms with Gasteiger partial charge in [-0.1, -0.05) is 0 Å². The Morgan fingerprint density at radius 3 is 2.62 bits per heavy atom. The molecule has 2 N–H and O–H groups in total. The number of nitrogens with one attached hydrogen (secondary N) is 1. The number of hydrogen-bond donors (Lipinski definition) is 2. The summed E-state index contributed by atoms with van der Waals surface area (Å²) in [6, 6.07) is 4.74. The number of piperazine rings is 1. The number of ether oxygens (including phenoxy) is 3. The molecular weight excluding hydrogens is 575 g/mol. The fourth-order valence-corrected chi connectivity index (χ4v) is 7.97. The van der Waals surface area contributed by atoms with Crippen molar-refractivity contribution in [1.82, 2.24) is 25.1 Å². The molecule has 4 saturated heterocycles. The van der Waals surface area contributed by atoms with E-state index >= 15 is 4.39 Å². The van der Waals surface area contributed by atoms with Gasteiger partial charge in [-0.15, -0.1) is 0 Å². The molecule has 0 radical (unpaired) electrons. The van der Waals surface area contributed by atoms with Crippen molar-refractivity contribution in [2.24, 2.45) is 0 Å². The molecular formula is C34H39FN6O4. The topological polar surface area (TPSA) is 107 Å². The Labute approximate surface area is 260 Å². The summed E-state index contributed by atoms with van der Waals surface area (Å²) in [5, 5.41) is 22.3. The van der Waals surface area contributed by atoms with Gasteiger partial charge in [-0.3, -0.25) is 0 Å². The van der Waals surface area contributed by atoms with Crippen LogP contribution in [0.5, 0.6) is 11.8 Å². The van der Waals surface area contributed by atoms with Crippen LogP contribution in [0, 0.1) is 12.7 Å². The minimum absolute atomic E-state index is 0.0500. The number of benzene rings is 2. The third kappa shape index (κ3) is 4.65. The van der Waals surface area contributed by atoms with Crippen molar-refractivity contribution in [2.45, 2.75) is 88.6 Å². The van der Waals surface area contributed by atoms with E-state index in [1.54, 1.807) is 19.2 Å². The Morgan fingerprint density at radius 1 is 1.02 bits per heavy atom. The summed E-state index contributed by atoms with van der Waals surface area (Å²) in [7, 11) is 0. The van der Waals surface area contributed by atoms with Crippen LogP contribution in [0.15, 0.2) is 18.3 Å². The Kier molecular flexibility index (Phi) is 6.64. The number of fused-ring (bicyclic) bond motifs is 4. The van der Waals surface area contributed by atoms with Gasteiger partial charge >= 0.3 is 6.01 Å². The van der Waals surface area contributed by atoms with Gasteiger partial charge in [-0.2, -0.15) is 15.1 Å². The van der Waals surface area contributed by atoms with Gasteiger partial charge in [-0.05, 0) is 68.6 Å². The van der Waals surface area contributed by atoms with Crippen molar-refractivity contribution in [3.05, 3.63) is 35.3 Å². The van der Waals surface area contributed by atoms with Crippen LogP contribution in [0.3, 0.4) is 0 Å². The number of halogens is 1. The average molecular weight is 615 g/mol. The van der Waals surface area contributed by atoms with Gasteiger partial charge in [0.25, 0.3) is 0 Å². The van der Waals surface area contributed by atoms with Crippen LogP contribution < -0.4 is 15.0 Å². The van der Waals surface area contributed by atoms with Crippen molar-refractivity contribution in [3.8, 4) is 22.9 Å². The first kappa shape index (κ1) is 27.7. The Bertz CT molecular complexity index is 1800. The van der Waals surface area contributed by atoms with Crippen molar-refractivity contribution in [3.63, 3.8) is 0 Å². The highest BCUT2D eigenvalue weighted by Gasteiger charge is 2.40. The normalized spacial score (nSPS) is 25.6. The molecule has 45 heavy (non-hydrogen) atoms. The molecule has 9 rings (SSSR count). The lowest BCUT2D eigenvalue weighted by atomic mass is 9.88. The van der Waals surface area contributed by atoms with Gasteiger partial charge in [0.2, 0.25) is 0 Å². The Balaban J connectivity index is 1.26. The molecule has 1 unspecified atom stereocenters. The van der Waals surface area contributed by atoms with Crippen LogP contribution in [0.1, 0.15) is 74.6 Å². The molecule has 5 aliphatic rings. The predicted molar refractivity (Wildman–Crippen MR) is 167 cm³/mol. The fraction of sp³-hybridized carbons (Fsp3) is 0.559. The molecule has 236 valence electrons. The molecule has 1 saturated carbocycles. The van der Waals surface area contributed by atoms with Gasteiger partial charge < -0.3 is 29.5 Å². The van der Waals surface area contributed by atoms with Gasteiger partial charge in [0, 0.05) is 72.6 Å². The number of aromatic hydroxyl groups is 1. The highest BCUT2D eigenvalue weighted by atomic mass is 19.1. The molecule has 3 atom stereocenters. The van der Waals surface area contributed by atoms with Crippen LogP contribution in [0.25, 0.3) is 32.9 Å². The van der Waals surface area contributed by atoms with Gasteiger partial charge in [0.15, 0.2) is 6.23 Å². The second-order valence-corrected chi connectivity index (χ2v) is 13.5. The van der Waals surface area contributed by atoms with E-state index in [9.17, 15) is 5.11 Å². The van der Waals surface area contributed by atoms with E-state index < -0.39 is 0 Å². The van der Waals surface area contributed by atoms with Crippen LogP contribution >= 0.6 is 0 Å². The number of hydrogen-bond acceptors (Lipinski definition) is 9. The zero-order valence-electron chi connectivity index (χ0n) is 25.6. The maximum atomic E-state index is 15.9. The number of rotatable bonds is 6. The van der Waals surface area contributed by atoms with Crippen LogP contribution in [0.2, 0.25) is 0 Å². The average Bonchev–Trinajstić information content (AvgIpc) is 3.47. The summed E-state index contributed by atoms with van der Waals surface area (Å²) in [5.74, 6) is 0.800. The first-order chi connectivity index (χ1) is 22.0. The number of aromatic nitrogens is 4. The molecule has 0 spiro atoms. The number of anilines is 1. The van der Waals surface area contributed by atoms with Crippen LogP contribution in [0.4, 0.5) is 10.2 Å². The summed E-state index contributed by atoms with van der Waals surface area (Å²) in [6.07, 6.45) is 9.04. The molecule has 6 heterocycles. The number of nitrogens with zero attached hydrogens (tertiary/aromatic N) is 5. The summed E-state index contributed by atoms with van der Waals surface area (Å²) >= 11 is 0. The molecule has 2 aromatic heterocycles. The largest absolute Gasteiger partial charge is 0.505 e. The van der Waals surface area contributed by atoms with Gasteiger partial charge in [0.05, 0.1) is 24.9 Å². The quantitative estimate of drug-likeness (QED) is 0.292. The molecule has 2 aromatic carbocycles. The lowest BCUT2D eigenvalue weighted by molar-refractivity contribution is -0.0366. The third-order valence-corrected chi connectivity index (χ3v) is 10.5. The van der Waals surface area contributed by atoms with Crippen molar-refractivity contribution >= 4 is 27.6 Å². The predicted octanol–water partition coefficient (Wildman–Crippen LogP) is 5.48. The van der Waals surface area contributed by atoms with Crippen LogP contribution in [-0.2, 0) is 9.47 Å². The van der Waals surface area contributed by atoms with E-state index in [1.807, 2.05) is 4.68 Å². The summed E-state index contributed by atoms with van der Waals surface area (Å²) < 4.78 is 35.6. The van der Waals surface area contributed by atoms with E-state index in [4.69, 9.17) is 29.3 Å². The number of phenolic OH excluding ortho intramolecular Hbond substituents is 1. The summed E-state index contributed by atoms with van der Waals surface area (Å²) in [5.41, 5.74) is 3.93. The zero-order valence-corrected chi connectivity index (χ0v) is 25.6. The van der Waals surface area contributed by atoms with Crippen molar-refractivity contribution in [1.29, 1.82) is 0 Å². The molecule has 5 fully saturated rings. The smallest absolute Gasteiger partial charge is 0.319 e. The van der Waals surface area contributed by atoms with E-state index in [0.29, 0.717) is 59.6 Å². The minimum atomic E-state index is -0.330. The molecule has 4 aromatic rings. The third-order valence-electron chi connectivity index (χ3n) is 10.5. The first-order valence-electron chi connectivity index (χ1n) is 16.6. The second-order valence-electron chi connectivity index (χ2n) is 13.5. The van der Waals surface area contributed by atoms with E-state index in [2.05, 4.69) is 16.3 Å². The maximum absolute atomic E-state index is 15.9. The highest BCUT2D eigenvalue weighted by molar-refractivity contribution is 6.06. The second kappa shape index (κ2) is 10.8. The van der Waals surface area contributed by atoms with E-state index in [1.165, 1.54) is 0 Å². The lowest BCUT2D eigenvalue weighted by Crippen LogP contribution is -2.44. The van der Waals surface area contributed by atoms with Crippen molar-refractivity contribution in [2.75, 3.05) is 37.8 Å². The summed E-state index contributed by atoms with van der Waals surface area (Å²) in [6.45, 7) is 5.49. The molecule has 2 bridgehead atoms. The molecule has 4 aliphatic heterocycles. The van der Waals surface area contributed by atoms with E-state index in [0.717, 1.165) is 86.6 Å². The van der Waals surface area contributed by atoms with E-state index in [-0.39, 0.29) is 35.8 Å². The molecule has 1 aliphatic carbocycles. The van der Waals surface area contributed by atoms with Gasteiger partial charge in [-0.25, -0.2) is 9.07 Å². The zero-order chi connectivity index (χ0) is 30.2. The molecule has 11 heteroatoms. The standard InChI is InChI=1S/C34H39FN6O4/c1-18-26(35)14-27-25(16-37-41(27)28-4-2-3-9-44-28)29(18)30-23(19-5-6-19)13-24-31(32(30)42)38-34(45-22-7-10-43-11-8-22)39-33(24)40-17-20-12-21(40)15-36-20/h13-14,16,19-22,28,36,42H,2-12,15,17H2,1H3/t20-,21-,28?/m0/s1.